The number of allylic oxidation sites excluding steroid dienone is 1. The lowest BCUT2D eigenvalue weighted by Crippen LogP contribution is -2.19. The summed E-state index contributed by atoms with van der Waals surface area (Å²) in [6, 6.07) is 17.2. The number of benzene rings is 2. The average molecular weight is 355 g/mol. The smallest absolute Gasteiger partial charge is 0.185 e. The van der Waals surface area contributed by atoms with Gasteiger partial charge < -0.3 is 4.74 Å². The van der Waals surface area contributed by atoms with Gasteiger partial charge in [-0.2, -0.15) is 5.26 Å². The van der Waals surface area contributed by atoms with Gasteiger partial charge in [0.2, 0.25) is 0 Å². The molecule has 0 bridgehead atoms. The highest BCUT2D eigenvalue weighted by molar-refractivity contribution is 7.96. The Hall–Kier alpha value is -2.91. The van der Waals surface area contributed by atoms with Crippen LogP contribution in [0, 0.1) is 11.3 Å². The summed E-state index contributed by atoms with van der Waals surface area (Å²) < 4.78 is 30.4. The fourth-order valence-electron chi connectivity index (χ4n) is 2.16. The van der Waals surface area contributed by atoms with Crippen LogP contribution < -0.4 is 4.74 Å². The molecule has 5 nitrogen and oxygen atoms in total. The van der Waals surface area contributed by atoms with Gasteiger partial charge in [0.15, 0.2) is 15.6 Å². The molecule has 0 aliphatic rings. The molecule has 0 aliphatic heterocycles. The van der Waals surface area contributed by atoms with E-state index in [-0.39, 0.29) is 17.3 Å². The summed E-state index contributed by atoms with van der Waals surface area (Å²) >= 11 is 0. The van der Waals surface area contributed by atoms with E-state index in [2.05, 4.69) is 0 Å². The van der Waals surface area contributed by atoms with E-state index in [9.17, 15) is 13.2 Å². The number of sulfone groups is 1. The van der Waals surface area contributed by atoms with Crippen molar-refractivity contribution in [2.24, 2.45) is 0 Å². The van der Waals surface area contributed by atoms with Gasteiger partial charge in [0, 0.05) is 0 Å². The third kappa shape index (κ3) is 5.30. The molecular formula is C19H17NO4S. The van der Waals surface area contributed by atoms with Gasteiger partial charge in [-0.1, -0.05) is 30.3 Å². The first kappa shape index (κ1) is 18.4. The zero-order valence-electron chi connectivity index (χ0n) is 13.7. The number of carbonyl (C=O) groups excluding carboxylic acids is 1. The van der Waals surface area contributed by atoms with Crippen molar-refractivity contribution in [3.8, 4) is 11.8 Å². The maximum atomic E-state index is 12.5. The van der Waals surface area contributed by atoms with Gasteiger partial charge in [0.05, 0.1) is 17.4 Å². The summed E-state index contributed by atoms with van der Waals surface area (Å²) in [5, 5.41) is 8.92. The number of rotatable bonds is 7. The molecule has 0 heterocycles. The van der Waals surface area contributed by atoms with Crippen molar-refractivity contribution in [3.05, 3.63) is 70.6 Å². The van der Waals surface area contributed by atoms with Crippen LogP contribution in [0.15, 0.2) is 59.5 Å². The third-order valence-corrected chi connectivity index (χ3v) is 5.14. The van der Waals surface area contributed by atoms with Crippen molar-refractivity contribution in [1.82, 2.24) is 0 Å². The minimum atomic E-state index is -3.81. The van der Waals surface area contributed by atoms with E-state index in [1.807, 2.05) is 12.1 Å². The van der Waals surface area contributed by atoms with Gasteiger partial charge in [-0.25, -0.2) is 8.42 Å². The Morgan fingerprint density at radius 3 is 2.52 bits per heavy atom. The average Bonchev–Trinajstić information content (AvgIpc) is 2.60. The van der Waals surface area contributed by atoms with E-state index >= 15 is 0 Å². The van der Waals surface area contributed by atoms with Gasteiger partial charge in [-0.3, -0.25) is 4.79 Å². The summed E-state index contributed by atoms with van der Waals surface area (Å²) in [4.78, 5) is 11.5. The van der Waals surface area contributed by atoms with Crippen molar-refractivity contribution >= 4 is 21.7 Å². The van der Waals surface area contributed by atoms with Crippen LogP contribution >= 0.6 is 0 Å². The van der Waals surface area contributed by atoms with Gasteiger partial charge >= 0.3 is 0 Å². The molecule has 6 heteroatoms. The number of hydrogen-bond donors (Lipinski definition) is 0. The normalized spacial score (nSPS) is 11.6. The van der Waals surface area contributed by atoms with Crippen LogP contribution in [-0.2, 0) is 14.6 Å². The number of hydrogen-bond acceptors (Lipinski definition) is 5. The number of carbonyl (C=O) groups is 1. The molecule has 128 valence electrons. The number of nitrogens with zero attached hydrogens (tertiary/aromatic N) is 1. The van der Waals surface area contributed by atoms with Crippen LogP contribution in [0.4, 0.5) is 0 Å². The van der Waals surface area contributed by atoms with Gasteiger partial charge in [-0.15, -0.1) is 0 Å². The fourth-order valence-corrected chi connectivity index (χ4v) is 3.43. The second kappa shape index (κ2) is 8.27. The zero-order valence-corrected chi connectivity index (χ0v) is 14.5. The van der Waals surface area contributed by atoms with E-state index in [0.717, 1.165) is 0 Å². The third-order valence-electron chi connectivity index (χ3n) is 3.36. The lowest BCUT2D eigenvalue weighted by Gasteiger charge is -2.09. The van der Waals surface area contributed by atoms with E-state index < -0.39 is 15.6 Å². The van der Waals surface area contributed by atoms with Crippen LogP contribution in [-0.4, -0.2) is 26.6 Å². The van der Waals surface area contributed by atoms with Crippen molar-refractivity contribution in [2.45, 2.75) is 6.92 Å². The molecule has 0 aromatic heterocycles. The van der Waals surface area contributed by atoms with Crippen molar-refractivity contribution in [1.29, 1.82) is 5.26 Å². The van der Waals surface area contributed by atoms with Crippen LogP contribution in [0.5, 0.6) is 5.75 Å². The van der Waals surface area contributed by atoms with E-state index in [0.29, 0.717) is 16.9 Å². The summed E-state index contributed by atoms with van der Waals surface area (Å²) in [5.74, 6) is -0.305. The molecule has 0 aliphatic carbocycles. The predicted octanol–water partition coefficient (Wildman–Crippen LogP) is 2.98. The molecule has 0 fully saturated rings. The maximum Gasteiger partial charge on any atom is 0.185 e. The molecule has 2 rings (SSSR count). The molecule has 2 aromatic rings. The molecule has 0 radical (unpaired) electrons. The Morgan fingerprint density at radius 2 is 1.88 bits per heavy atom. The van der Waals surface area contributed by atoms with Crippen LogP contribution in [0.1, 0.15) is 18.1 Å². The topological polar surface area (TPSA) is 84.2 Å². The van der Waals surface area contributed by atoms with E-state index in [4.69, 9.17) is 10.00 Å². The maximum absolute atomic E-state index is 12.5. The van der Waals surface area contributed by atoms with Crippen LogP contribution in [0.2, 0.25) is 0 Å². The number of Topliss-reactive ketones (excluding diaryl/α,β-unsaturated/α-hetero) is 1. The largest absolute Gasteiger partial charge is 0.493 e. The molecule has 0 amide bonds. The SMILES string of the molecule is CC(=O)C(=Cc1cccc(C#N)c1)S(=O)(=O)CCOc1ccccc1. The number of nitriles is 1. The van der Waals surface area contributed by atoms with Gasteiger partial charge in [0.25, 0.3) is 0 Å². The fraction of sp³-hybridized carbons (Fsp3) is 0.158. The Morgan fingerprint density at radius 1 is 1.16 bits per heavy atom. The summed E-state index contributed by atoms with van der Waals surface area (Å²) in [6.45, 7) is 1.14. The van der Waals surface area contributed by atoms with E-state index in [1.165, 1.54) is 19.1 Å². The minimum absolute atomic E-state index is 0.0603. The van der Waals surface area contributed by atoms with Crippen molar-refractivity contribution in [3.63, 3.8) is 0 Å². The molecular weight excluding hydrogens is 338 g/mol. The minimum Gasteiger partial charge on any atom is -0.493 e. The van der Waals surface area contributed by atoms with Crippen LogP contribution in [0.3, 0.4) is 0 Å². The molecule has 0 atom stereocenters. The number of ether oxygens (including phenoxy) is 1. The summed E-state index contributed by atoms with van der Waals surface area (Å²) in [5.41, 5.74) is 0.873. The Bertz CT molecular complexity index is 925. The van der Waals surface area contributed by atoms with E-state index in [1.54, 1.807) is 42.5 Å². The van der Waals surface area contributed by atoms with Crippen molar-refractivity contribution in [2.75, 3.05) is 12.4 Å². The Kier molecular flexibility index (Phi) is 6.09. The summed E-state index contributed by atoms with van der Waals surface area (Å²) in [6.07, 6.45) is 1.29. The molecule has 0 N–H and O–H groups in total. The molecule has 0 spiro atoms. The first-order valence-corrected chi connectivity index (χ1v) is 9.21. The quantitative estimate of drug-likeness (QED) is 0.713. The monoisotopic (exact) mass is 355 g/mol. The lowest BCUT2D eigenvalue weighted by atomic mass is 10.1. The molecule has 25 heavy (non-hydrogen) atoms. The lowest BCUT2D eigenvalue weighted by molar-refractivity contribution is -0.112. The van der Waals surface area contributed by atoms with Gasteiger partial charge in [-0.05, 0) is 42.8 Å². The van der Waals surface area contributed by atoms with Gasteiger partial charge in [0.1, 0.15) is 17.3 Å². The first-order chi connectivity index (χ1) is 11.9. The Balaban J connectivity index is 2.18. The number of ketones is 1. The van der Waals surface area contributed by atoms with Crippen molar-refractivity contribution < 1.29 is 17.9 Å². The zero-order chi connectivity index (χ0) is 18.3. The molecule has 2 aromatic carbocycles. The highest BCUT2D eigenvalue weighted by atomic mass is 32.2. The second-order valence-corrected chi connectivity index (χ2v) is 7.36. The predicted molar refractivity (Wildman–Crippen MR) is 95.5 cm³/mol. The molecule has 0 saturated heterocycles. The Labute approximate surface area is 147 Å². The number of para-hydroxylation sites is 1. The van der Waals surface area contributed by atoms with Crippen LogP contribution in [0.25, 0.3) is 6.08 Å². The standard InChI is InChI=1S/C19H17NO4S/c1-15(21)19(13-16-6-5-7-17(12-16)14-20)25(22,23)11-10-24-18-8-3-2-4-9-18/h2-9,12-13H,10-11H2,1H3. The second-order valence-electron chi connectivity index (χ2n) is 5.28. The molecule has 0 saturated carbocycles. The summed E-state index contributed by atoms with van der Waals surface area (Å²) in [7, 11) is -3.81. The highest BCUT2D eigenvalue weighted by Crippen LogP contribution is 2.17. The first-order valence-electron chi connectivity index (χ1n) is 7.56. The molecule has 0 unspecified atom stereocenters. The highest BCUT2D eigenvalue weighted by Gasteiger charge is 2.22.